The SMILES string of the molecule is CCC(CO)NS(=O)(=O)c1cc(C)c(Cl)c(N)c1. The molecule has 1 aromatic rings. The van der Waals surface area contributed by atoms with Crippen molar-refractivity contribution in [1.82, 2.24) is 4.72 Å². The van der Waals surface area contributed by atoms with Crippen molar-refractivity contribution in [1.29, 1.82) is 0 Å². The Morgan fingerprint density at radius 1 is 1.50 bits per heavy atom. The Morgan fingerprint density at radius 2 is 2.11 bits per heavy atom. The molecule has 0 amide bonds. The Kier molecular flexibility index (Phi) is 4.98. The van der Waals surface area contributed by atoms with E-state index in [-0.39, 0.29) is 17.2 Å². The summed E-state index contributed by atoms with van der Waals surface area (Å²) in [5, 5.41) is 9.37. The lowest BCUT2D eigenvalue weighted by Crippen LogP contribution is -2.36. The number of nitrogens with one attached hydrogen (secondary N) is 1. The van der Waals surface area contributed by atoms with E-state index < -0.39 is 16.1 Å². The lowest BCUT2D eigenvalue weighted by atomic mass is 10.2. The molecule has 0 spiro atoms. The Morgan fingerprint density at radius 3 is 2.56 bits per heavy atom. The quantitative estimate of drug-likeness (QED) is 0.713. The molecule has 1 rings (SSSR count). The Balaban J connectivity index is 3.13. The molecule has 0 bridgehead atoms. The molecular formula is C11H17ClN2O3S. The van der Waals surface area contributed by atoms with Crippen molar-refractivity contribution in [2.45, 2.75) is 31.2 Å². The topological polar surface area (TPSA) is 92.4 Å². The summed E-state index contributed by atoms with van der Waals surface area (Å²) in [6.07, 6.45) is 0.498. The van der Waals surface area contributed by atoms with Crippen molar-refractivity contribution in [3.63, 3.8) is 0 Å². The van der Waals surface area contributed by atoms with Crippen LogP contribution in [0.2, 0.25) is 5.02 Å². The van der Waals surface area contributed by atoms with Gasteiger partial charge >= 0.3 is 0 Å². The standard InChI is InChI=1S/C11H17ClN2O3S/c1-3-8(6-15)14-18(16,17)9-4-7(2)11(12)10(13)5-9/h4-5,8,14-15H,3,6,13H2,1-2H3. The van der Waals surface area contributed by atoms with Crippen molar-refractivity contribution in [3.05, 3.63) is 22.7 Å². The van der Waals surface area contributed by atoms with Gasteiger partial charge in [-0.05, 0) is 31.0 Å². The van der Waals surface area contributed by atoms with Gasteiger partial charge in [0.15, 0.2) is 0 Å². The van der Waals surface area contributed by atoms with Crippen molar-refractivity contribution in [2.75, 3.05) is 12.3 Å². The van der Waals surface area contributed by atoms with E-state index in [1.807, 2.05) is 0 Å². The molecule has 5 nitrogen and oxygen atoms in total. The second kappa shape index (κ2) is 5.88. The molecule has 4 N–H and O–H groups in total. The number of hydrogen-bond donors (Lipinski definition) is 3. The molecule has 102 valence electrons. The summed E-state index contributed by atoms with van der Waals surface area (Å²) in [5.41, 5.74) is 6.45. The van der Waals surface area contributed by atoms with E-state index >= 15 is 0 Å². The smallest absolute Gasteiger partial charge is 0.240 e. The van der Waals surface area contributed by atoms with Crippen LogP contribution in [0.4, 0.5) is 5.69 Å². The molecule has 1 atom stereocenters. The number of aliphatic hydroxyl groups excluding tert-OH is 1. The molecule has 0 aromatic heterocycles. The zero-order valence-electron chi connectivity index (χ0n) is 10.3. The average Bonchev–Trinajstić information content (AvgIpc) is 2.32. The van der Waals surface area contributed by atoms with E-state index in [1.54, 1.807) is 13.8 Å². The normalized spacial score (nSPS) is 13.6. The largest absolute Gasteiger partial charge is 0.397 e. The summed E-state index contributed by atoms with van der Waals surface area (Å²) in [7, 11) is -3.69. The zero-order valence-corrected chi connectivity index (χ0v) is 11.8. The van der Waals surface area contributed by atoms with Crippen LogP contribution in [0.25, 0.3) is 0 Å². The monoisotopic (exact) mass is 292 g/mol. The molecule has 0 aliphatic carbocycles. The first kappa shape index (κ1) is 15.2. The van der Waals surface area contributed by atoms with E-state index in [1.165, 1.54) is 12.1 Å². The molecule has 0 fully saturated rings. The lowest BCUT2D eigenvalue weighted by Gasteiger charge is -2.15. The lowest BCUT2D eigenvalue weighted by molar-refractivity contribution is 0.254. The van der Waals surface area contributed by atoms with Gasteiger partial charge in [0.1, 0.15) is 0 Å². The summed E-state index contributed by atoms with van der Waals surface area (Å²) in [6.45, 7) is 3.21. The van der Waals surface area contributed by atoms with Gasteiger partial charge < -0.3 is 10.8 Å². The number of anilines is 1. The molecule has 0 aliphatic heterocycles. The molecule has 0 saturated heterocycles. The second-order valence-electron chi connectivity index (χ2n) is 4.05. The average molecular weight is 293 g/mol. The van der Waals surface area contributed by atoms with Crippen LogP contribution < -0.4 is 10.5 Å². The van der Waals surface area contributed by atoms with Gasteiger partial charge in [0, 0.05) is 6.04 Å². The highest BCUT2D eigenvalue weighted by Crippen LogP contribution is 2.26. The highest BCUT2D eigenvalue weighted by Gasteiger charge is 2.20. The van der Waals surface area contributed by atoms with Gasteiger partial charge in [-0.15, -0.1) is 0 Å². The van der Waals surface area contributed by atoms with Crippen LogP contribution in [-0.4, -0.2) is 26.2 Å². The number of aryl methyl sites for hydroxylation is 1. The fourth-order valence-electron chi connectivity index (χ4n) is 1.46. The van der Waals surface area contributed by atoms with E-state index in [0.717, 1.165) is 0 Å². The fourth-order valence-corrected chi connectivity index (χ4v) is 2.99. The van der Waals surface area contributed by atoms with E-state index in [4.69, 9.17) is 22.4 Å². The number of benzene rings is 1. The summed E-state index contributed by atoms with van der Waals surface area (Å²) in [6, 6.07) is 2.25. The van der Waals surface area contributed by atoms with Crippen LogP contribution in [0.5, 0.6) is 0 Å². The van der Waals surface area contributed by atoms with Crippen LogP contribution in [0, 0.1) is 6.92 Å². The van der Waals surface area contributed by atoms with Crippen molar-refractivity contribution < 1.29 is 13.5 Å². The third kappa shape index (κ3) is 3.35. The van der Waals surface area contributed by atoms with Gasteiger partial charge in [-0.2, -0.15) is 0 Å². The van der Waals surface area contributed by atoms with Gasteiger partial charge in [0.25, 0.3) is 0 Å². The van der Waals surface area contributed by atoms with Crippen LogP contribution in [0.15, 0.2) is 17.0 Å². The van der Waals surface area contributed by atoms with Gasteiger partial charge in [0.2, 0.25) is 10.0 Å². The number of aliphatic hydroxyl groups is 1. The van der Waals surface area contributed by atoms with E-state index in [2.05, 4.69) is 4.72 Å². The number of rotatable bonds is 5. The molecule has 0 aliphatic rings. The summed E-state index contributed by atoms with van der Waals surface area (Å²) < 4.78 is 26.5. The highest BCUT2D eigenvalue weighted by atomic mass is 35.5. The molecule has 0 heterocycles. The van der Waals surface area contributed by atoms with Crippen LogP contribution >= 0.6 is 11.6 Å². The summed E-state index contributed by atoms with van der Waals surface area (Å²) in [4.78, 5) is 0.0498. The molecule has 1 unspecified atom stereocenters. The van der Waals surface area contributed by atoms with Crippen LogP contribution in [0.3, 0.4) is 0 Å². The van der Waals surface area contributed by atoms with Crippen LogP contribution in [-0.2, 0) is 10.0 Å². The maximum absolute atomic E-state index is 12.1. The summed E-state index contributed by atoms with van der Waals surface area (Å²) in [5.74, 6) is 0. The van der Waals surface area contributed by atoms with Crippen LogP contribution in [0.1, 0.15) is 18.9 Å². The van der Waals surface area contributed by atoms with Gasteiger partial charge in [-0.25, -0.2) is 13.1 Å². The Labute approximate surface area is 112 Å². The minimum absolute atomic E-state index is 0.0498. The minimum atomic E-state index is -3.69. The third-order valence-electron chi connectivity index (χ3n) is 2.60. The van der Waals surface area contributed by atoms with Crippen molar-refractivity contribution >= 4 is 27.3 Å². The van der Waals surface area contributed by atoms with E-state index in [9.17, 15) is 8.42 Å². The molecule has 0 saturated carbocycles. The first-order chi connectivity index (χ1) is 8.31. The number of sulfonamides is 1. The second-order valence-corrected chi connectivity index (χ2v) is 6.14. The number of nitrogens with two attached hydrogens (primary N) is 1. The van der Waals surface area contributed by atoms with E-state index in [0.29, 0.717) is 17.0 Å². The maximum atomic E-state index is 12.1. The Hall–Kier alpha value is -0.820. The number of nitrogen functional groups attached to an aromatic ring is 1. The van der Waals surface area contributed by atoms with Crippen molar-refractivity contribution in [2.24, 2.45) is 0 Å². The summed E-state index contributed by atoms with van der Waals surface area (Å²) >= 11 is 5.88. The molecule has 1 aromatic carbocycles. The predicted octanol–water partition coefficient (Wildman–Crippen LogP) is 1.28. The van der Waals surface area contributed by atoms with Crippen molar-refractivity contribution in [3.8, 4) is 0 Å². The molecular weight excluding hydrogens is 276 g/mol. The number of hydrogen-bond acceptors (Lipinski definition) is 4. The first-order valence-corrected chi connectivity index (χ1v) is 7.36. The maximum Gasteiger partial charge on any atom is 0.240 e. The van der Waals surface area contributed by atoms with Gasteiger partial charge in [0.05, 0.1) is 22.2 Å². The first-order valence-electron chi connectivity index (χ1n) is 5.50. The predicted molar refractivity (Wildman–Crippen MR) is 72.1 cm³/mol. The molecule has 18 heavy (non-hydrogen) atoms. The molecule has 7 heteroatoms. The Bertz CT molecular complexity index is 504. The fraction of sp³-hybridized carbons (Fsp3) is 0.455. The van der Waals surface area contributed by atoms with Gasteiger partial charge in [-0.1, -0.05) is 18.5 Å². The minimum Gasteiger partial charge on any atom is -0.397 e. The number of halogens is 1. The molecule has 0 radical (unpaired) electrons. The third-order valence-corrected chi connectivity index (χ3v) is 4.62. The zero-order chi connectivity index (χ0) is 13.9. The highest BCUT2D eigenvalue weighted by molar-refractivity contribution is 7.89. The van der Waals surface area contributed by atoms with Gasteiger partial charge in [-0.3, -0.25) is 0 Å².